The zero-order valence-electron chi connectivity index (χ0n) is 15.4. The molecule has 0 saturated carbocycles. The number of unbranched alkanes of at least 4 members (excludes halogenated alkanes) is 1. The Labute approximate surface area is 155 Å². The Morgan fingerprint density at radius 1 is 1.08 bits per heavy atom. The Hall–Kier alpha value is -2.59. The zero-order valence-corrected chi connectivity index (χ0v) is 15.4. The van der Waals surface area contributed by atoms with Crippen LogP contribution in [0.5, 0.6) is 0 Å². The summed E-state index contributed by atoms with van der Waals surface area (Å²) in [6.07, 6.45) is 6.48. The van der Waals surface area contributed by atoms with Gasteiger partial charge in [0.1, 0.15) is 0 Å². The van der Waals surface area contributed by atoms with Gasteiger partial charge in [0.2, 0.25) is 0 Å². The SMILES string of the molecule is CCC/C=C/c1ccc(C(=O)Nc2ccc(N3CCNCC3)cc2)cc1. The topological polar surface area (TPSA) is 44.4 Å². The number of rotatable bonds is 6. The molecule has 2 N–H and O–H groups in total. The molecule has 136 valence electrons. The molecule has 1 aliphatic rings. The molecule has 0 unspecified atom stereocenters. The van der Waals surface area contributed by atoms with Gasteiger partial charge < -0.3 is 15.5 Å². The Kier molecular flexibility index (Phi) is 6.45. The quantitative estimate of drug-likeness (QED) is 0.823. The molecule has 1 heterocycles. The monoisotopic (exact) mass is 349 g/mol. The molecule has 1 saturated heterocycles. The van der Waals surface area contributed by atoms with Gasteiger partial charge in [0, 0.05) is 43.1 Å². The van der Waals surface area contributed by atoms with Gasteiger partial charge in [0.05, 0.1) is 0 Å². The lowest BCUT2D eigenvalue weighted by Crippen LogP contribution is -2.43. The smallest absolute Gasteiger partial charge is 0.255 e. The first-order chi connectivity index (χ1) is 12.8. The summed E-state index contributed by atoms with van der Waals surface area (Å²) >= 11 is 0. The van der Waals surface area contributed by atoms with Crippen molar-refractivity contribution in [3.63, 3.8) is 0 Å². The highest BCUT2D eigenvalue weighted by atomic mass is 16.1. The number of amides is 1. The molecule has 26 heavy (non-hydrogen) atoms. The molecule has 0 aliphatic carbocycles. The van der Waals surface area contributed by atoms with Crippen LogP contribution < -0.4 is 15.5 Å². The fourth-order valence-corrected chi connectivity index (χ4v) is 3.01. The van der Waals surface area contributed by atoms with Gasteiger partial charge in [-0.2, -0.15) is 0 Å². The number of benzene rings is 2. The third-order valence-corrected chi connectivity index (χ3v) is 4.55. The predicted molar refractivity (Wildman–Crippen MR) is 110 cm³/mol. The molecule has 4 heteroatoms. The van der Waals surface area contributed by atoms with Crippen LogP contribution in [0.15, 0.2) is 54.6 Å². The maximum atomic E-state index is 12.4. The van der Waals surface area contributed by atoms with E-state index in [1.807, 2.05) is 36.4 Å². The number of nitrogens with zero attached hydrogens (tertiary/aromatic N) is 1. The van der Waals surface area contributed by atoms with E-state index < -0.39 is 0 Å². The van der Waals surface area contributed by atoms with Crippen LogP contribution in [0.25, 0.3) is 6.08 Å². The molecule has 0 aromatic heterocycles. The van der Waals surface area contributed by atoms with Crippen LogP contribution in [0.4, 0.5) is 11.4 Å². The average molecular weight is 349 g/mol. The standard InChI is InChI=1S/C22H27N3O/c1-2-3-4-5-18-6-8-19(9-7-18)22(26)24-20-10-12-21(13-11-20)25-16-14-23-15-17-25/h4-13,23H,2-3,14-17H2,1H3,(H,24,26)/b5-4+. The number of hydrogen-bond donors (Lipinski definition) is 2. The normalized spacial score (nSPS) is 14.6. The van der Waals surface area contributed by atoms with E-state index in [2.05, 4.69) is 46.7 Å². The van der Waals surface area contributed by atoms with Gasteiger partial charge in [-0.25, -0.2) is 0 Å². The number of carbonyl (C=O) groups is 1. The molecule has 4 nitrogen and oxygen atoms in total. The maximum absolute atomic E-state index is 12.4. The van der Waals surface area contributed by atoms with E-state index in [9.17, 15) is 4.79 Å². The lowest BCUT2D eigenvalue weighted by Gasteiger charge is -2.29. The molecule has 0 atom stereocenters. The highest BCUT2D eigenvalue weighted by Gasteiger charge is 2.11. The van der Waals surface area contributed by atoms with Gasteiger partial charge in [-0.05, 0) is 48.4 Å². The van der Waals surface area contributed by atoms with Crippen molar-refractivity contribution in [2.75, 3.05) is 36.4 Å². The third-order valence-electron chi connectivity index (χ3n) is 4.55. The van der Waals surface area contributed by atoms with Gasteiger partial charge >= 0.3 is 0 Å². The van der Waals surface area contributed by atoms with Crippen molar-refractivity contribution < 1.29 is 4.79 Å². The van der Waals surface area contributed by atoms with Crippen molar-refractivity contribution in [1.29, 1.82) is 0 Å². The molecule has 2 aromatic rings. The third kappa shape index (κ3) is 4.96. The molecule has 1 aliphatic heterocycles. The molecular formula is C22H27N3O. The molecule has 0 bridgehead atoms. The number of allylic oxidation sites excluding steroid dienone is 1. The molecule has 2 aromatic carbocycles. The van der Waals surface area contributed by atoms with Crippen molar-refractivity contribution in [1.82, 2.24) is 5.32 Å². The fourth-order valence-electron chi connectivity index (χ4n) is 3.01. The lowest BCUT2D eigenvalue weighted by molar-refractivity contribution is 0.102. The van der Waals surface area contributed by atoms with Crippen LogP contribution in [0.1, 0.15) is 35.7 Å². The van der Waals surface area contributed by atoms with Crippen LogP contribution in [0.3, 0.4) is 0 Å². The zero-order chi connectivity index (χ0) is 18.2. The van der Waals surface area contributed by atoms with E-state index in [1.165, 1.54) is 5.69 Å². The summed E-state index contributed by atoms with van der Waals surface area (Å²) in [7, 11) is 0. The minimum Gasteiger partial charge on any atom is -0.369 e. The Balaban J connectivity index is 1.58. The maximum Gasteiger partial charge on any atom is 0.255 e. The summed E-state index contributed by atoms with van der Waals surface area (Å²) in [4.78, 5) is 14.8. The Morgan fingerprint density at radius 3 is 2.42 bits per heavy atom. The summed E-state index contributed by atoms with van der Waals surface area (Å²) in [5.74, 6) is -0.0796. The fraction of sp³-hybridized carbons (Fsp3) is 0.318. The minimum absolute atomic E-state index is 0.0796. The minimum atomic E-state index is -0.0796. The number of carbonyl (C=O) groups excluding carboxylic acids is 1. The van der Waals surface area contributed by atoms with Crippen LogP contribution >= 0.6 is 0 Å². The first kappa shape index (κ1) is 18.2. The van der Waals surface area contributed by atoms with Crippen molar-refractivity contribution in [2.45, 2.75) is 19.8 Å². The molecular weight excluding hydrogens is 322 g/mol. The largest absolute Gasteiger partial charge is 0.369 e. The molecule has 0 radical (unpaired) electrons. The van der Waals surface area contributed by atoms with Crippen molar-refractivity contribution in [3.05, 3.63) is 65.7 Å². The van der Waals surface area contributed by atoms with Crippen LogP contribution in [-0.2, 0) is 0 Å². The lowest BCUT2D eigenvalue weighted by atomic mass is 10.1. The first-order valence-corrected chi connectivity index (χ1v) is 9.40. The summed E-state index contributed by atoms with van der Waals surface area (Å²) in [5.41, 5.74) is 3.81. The van der Waals surface area contributed by atoms with Gasteiger partial charge in [-0.15, -0.1) is 0 Å². The van der Waals surface area contributed by atoms with Crippen LogP contribution in [0, 0.1) is 0 Å². The van der Waals surface area contributed by atoms with E-state index in [4.69, 9.17) is 0 Å². The summed E-state index contributed by atoms with van der Waals surface area (Å²) in [6, 6.07) is 15.8. The van der Waals surface area contributed by atoms with Gasteiger partial charge in [0.15, 0.2) is 0 Å². The van der Waals surface area contributed by atoms with E-state index >= 15 is 0 Å². The Morgan fingerprint density at radius 2 is 1.77 bits per heavy atom. The van der Waals surface area contributed by atoms with E-state index in [-0.39, 0.29) is 5.91 Å². The van der Waals surface area contributed by atoms with Crippen molar-refractivity contribution >= 4 is 23.4 Å². The second-order valence-electron chi connectivity index (χ2n) is 6.55. The summed E-state index contributed by atoms with van der Waals surface area (Å²) in [5, 5.41) is 6.33. The number of anilines is 2. The second-order valence-corrected chi connectivity index (χ2v) is 6.55. The first-order valence-electron chi connectivity index (χ1n) is 9.40. The summed E-state index contributed by atoms with van der Waals surface area (Å²) in [6.45, 7) is 6.23. The van der Waals surface area contributed by atoms with Crippen molar-refractivity contribution in [2.24, 2.45) is 0 Å². The van der Waals surface area contributed by atoms with Gasteiger partial charge in [-0.3, -0.25) is 4.79 Å². The molecule has 1 amide bonds. The highest BCUT2D eigenvalue weighted by Crippen LogP contribution is 2.19. The molecule has 1 fully saturated rings. The van der Waals surface area contributed by atoms with E-state index in [0.717, 1.165) is 50.3 Å². The second kappa shape index (κ2) is 9.20. The van der Waals surface area contributed by atoms with Crippen LogP contribution in [0.2, 0.25) is 0 Å². The number of hydrogen-bond acceptors (Lipinski definition) is 3. The average Bonchev–Trinajstić information content (AvgIpc) is 2.70. The van der Waals surface area contributed by atoms with E-state index in [1.54, 1.807) is 0 Å². The molecule has 3 rings (SSSR count). The molecule has 0 spiro atoms. The van der Waals surface area contributed by atoms with Gasteiger partial charge in [-0.1, -0.05) is 37.6 Å². The Bertz CT molecular complexity index is 729. The van der Waals surface area contributed by atoms with E-state index in [0.29, 0.717) is 5.56 Å². The van der Waals surface area contributed by atoms with Gasteiger partial charge in [0.25, 0.3) is 5.91 Å². The predicted octanol–water partition coefficient (Wildman–Crippen LogP) is 4.16. The summed E-state index contributed by atoms with van der Waals surface area (Å²) < 4.78 is 0. The van der Waals surface area contributed by atoms with Crippen LogP contribution in [-0.4, -0.2) is 32.1 Å². The van der Waals surface area contributed by atoms with Crippen molar-refractivity contribution in [3.8, 4) is 0 Å². The highest BCUT2D eigenvalue weighted by molar-refractivity contribution is 6.04. The number of nitrogens with one attached hydrogen (secondary N) is 2. The number of piperazine rings is 1.